The molecule has 4 heterocycles. The summed E-state index contributed by atoms with van der Waals surface area (Å²) in [5.74, 6) is 1.36. The topological polar surface area (TPSA) is 76.7 Å². The molecule has 0 radical (unpaired) electrons. The Morgan fingerprint density at radius 1 is 1.07 bits per heavy atom. The van der Waals surface area contributed by atoms with Crippen LogP contribution in [0.3, 0.4) is 0 Å². The van der Waals surface area contributed by atoms with Crippen LogP contribution in [0.25, 0.3) is 16.5 Å². The Balaban J connectivity index is 1.21. The van der Waals surface area contributed by atoms with Gasteiger partial charge in [0.05, 0.1) is 31.0 Å². The van der Waals surface area contributed by atoms with E-state index in [1.54, 1.807) is 0 Å². The molecule has 0 aliphatic carbocycles. The number of morpholine rings is 1. The molecule has 2 fully saturated rings. The Kier molecular flexibility index (Phi) is 5.42. The van der Waals surface area contributed by atoms with E-state index >= 15 is 0 Å². The summed E-state index contributed by atoms with van der Waals surface area (Å²) in [6.45, 7) is 7.62. The fourth-order valence-corrected chi connectivity index (χ4v) is 4.33. The van der Waals surface area contributed by atoms with Crippen LogP contribution >= 0.6 is 0 Å². The van der Waals surface area contributed by atoms with Gasteiger partial charge in [-0.15, -0.1) is 0 Å². The second kappa shape index (κ2) is 8.49. The summed E-state index contributed by atoms with van der Waals surface area (Å²) in [5.41, 5.74) is 3.20. The van der Waals surface area contributed by atoms with E-state index in [2.05, 4.69) is 49.6 Å². The predicted octanol–water partition coefficient (Wildman–Crippen LogP) is 0.867. The molecule has 2 saturated heterocycles. The number of benzene rings is 1. The van der Waals surface area contributed by atoms with Gasteiger partial charge in [-0.1, -0.05) is 24.3 Å². The van der Waals surface area contributed by atoms with Crippen molar-refractivity contribution in [2.75, 3.05) is 65.6 Å². The van der Waals surface area contributed by atoms with Crippen LogP contribution in [0.2, 0.25) is 0 Å². The summed E-state index contributed by atoms with van der Waals surface area (Å²) in [5, 5.41) is 12.3. The molecule has 0 saturated carbocycles. The third-order valence-electron chi connectivity index (χ3n) is 6.08. The van der Waals surface area contributed by atoms with Gasteiger partial charge in [-0.2, -0.15) is 5.10 Å². The lowest BCUT2D eigenvalue weighted by atomic mass is 10.1. The van der Waals surface area contributed by atoms with Crippen molar-refractivity contribution in [1.82, 2.24) is 30.2 Å². The molecule has 1 amide bonds. The predicted molar refractivity (Wildman–Crippen MR) is 116 cm³/mol. The zero-order chi connectivity index (χ0) is 20.3. The largest absolute Gasteiger partial charge is 0.378 e. The number of aromatic nitrogens is 2. The van der Waals surface area contributed by atoms with Crippen molar-refractivity contribution in [3.05, 3.63) is 47.9 Å². The number of rotatable bonds is 4. The zero-order valence-electron chi connectivity index (χ0n) is 17.1. The number of para-hydroxylation sites is 1. The minimum Gasteiger partial charge on any atom is -0.378 e. The van der Waals surface area contributed by atoms with Crippen molar-refractivity contribution in [2.45, 2.75) is 0 Å². The summed E-state index contributed by atoms with van der Waals surface area (Å²) >= 11 is 0. The average molecular weight is 409 g/mol. The molecule has 1 aromatic heterocycles. The van der Waals surface area contributed by atoms with E-state index in [1.807, 2.05) is 17.0 Å². The SMILES string of the molecule is O=C(CN1CCN(C2=CC(c3n[nH]c4ccccc34)=CCN2)CC1)N1CCOCC1. The number of hydrogen-bond acceptors (Lipinski definition) is 6. The first-order valence-corrected chi connectivity index (χ1v) is 10.7. The minimum atomic E-state index is 0.220. The molecule has 8 heteroatoms. The summed E-state index contributed by atoms with van der Waals surface area (Å²) in [6.07, 6.45) is 4.38. The summed E-state index contributed by atoms with van der Waals surface area (Å²) in [4.78, 5) is 19.1. The van der Waals surface area contributed by atoms with Crippen LogP contribution in [0.1, 0.15) is 5.69 Å². The molecular formula is C22H28N6O2. The molecule has 0 spiro atoms. The maximum Gasteiger partial charge on any atom is 0.236 e. The van der Waals surface area contributed by atoms with Crippen molar-refractivity contribution in [3.8, 4) is 0 Å². The Bertz CT molecular complexity index is 967. The molecule has 0 unspecified atom stereocenters. The highest BCUT2D eigenvalue weighted by atomic mass is 16.5. The quantitative estimate of drug-likeness (QED) is 0.782. The van der Waals surface area contributed by atoms with E-state index in [0.29, 0.717) is 32.8 Å². The van der Waals surface area contributed by atoms with E-state index in [9.17, 15) is 4.79 Å². The molecule has 158 valence electrons. The van der Waals surface area contributed by atoms with E-state index in [1.165, 1.54) is 0 Å². The zero-order valence-corrected chi connectivity index (χ0v) is 17.1. The molecule has 3 aliphatic rings. The molecule has 2 aromatic rings. The first-order chi connectivity index (χ1) is 14.8. The molecule has 5 rings (SSSR count). The number of aromatic amines is 1. The maximum atomic E-state index is 12.5. The molecular weight excluding hydrogens is 380 g/mol. The number of fused-ring (bicyclic) bond motifs is 1. The van der Waals surface area contributed by atoms with Crippen LogP contribution in [-0.2, 0) is 9.53 Å². The second-order valence-electron chi connectivity index (χ2n) is 7.94. The molecule has 8 nitrogen and oxygen atoms in total. The van der Waals surface area contributed by atoms with Gasteiger partial charge in [0, 0.05) is 56.8 Å². The number of carbonyl (C=O) groups is 1. The summed E-state index contributed by atoms with van der Waals surface area (Å²) in [7, 11) is 0. The van der Waals surface area contributed by atoms with Crippen molar-refractivity contribution in [2.24, 2.45) is 0 Å². The van der Waals surface area contributed by atoms with Gasteiger partial charge >= 0.3 is 0 Å². The lowest BCUT2D eigenvalue weighted by Crippen LogP contribution is -2.52. The lowest BCUT2D eigenvalue weighted by Gasteiger charge is -2.38. The normalized spacial score (nSPS) is 20.7. The van der Waals surface area contributed by atoms with Gasteiger partial charge in [-0.25, -0.2) is 0 Å². The van der Waals surface area contributed by atoms with Crippen LogP contribution in [0.15, 0.2) is 42.2 Å². The van der Waals surface area contributed by atoms with Crippen LogP contribution in [0.5, 0.6) is 0 Å². The molecule has 3 aliphatic heterocycles. The molecule has 30 heavy (non-hydrogen) atoms. The number of carbonyl (C=O) groups excluding carboxylic acids is 1. The van der Waals surface area contributed by atoms with Gasteiger partial charge in [-0.05, 0) is 12.1 Å². The van der Waals surface area contributed by atoms with E-state index < -0.39 is 0 Å². The summed E-state index contributed by atoms with van der Waals surface area (Å²) in [6, 6.07) is 8.22. The van der Waals surface area contributed by atoms with Crippen LogP contribution in [0, 0.1) is 0 Å². The highest BCUT2D eigenvalue weighted by Crippen LogP contribution is 2.26. The first kappa shape index (κ1) is 19.1. The van der Waals surface area contributed by atoms with Crippen molar-refractivity contribution < 1.29 is 9.53 Å². The monoisotopic (exact) mass is 408 g/mol. The Morgan fingerprint density at radius 3 is 2.70 bits per heavy atom. The Labute approximate surface area is 176 Å². The first-order valence-electron chi connectivity index (χ1n) is 10.7. The number of H-pyrrole nitrogens is 1. The number of nitrogens with one attached hydrogen (secondary N) is 2. The number of ether oxygens (including phenoxy) is 1. The number of piperazine rings is 1. The van der Waals surface area contributed by atoms with Gasteiger partial charge in [0.1, 0.15) is 5.82 Å². The second-order valence-corrected chi connectivity index (χ2v) is 7.94. The molecule has 0 atom stereocenters. The molecule has 1 aromatic carbocycles. The smallest absolute Gasteiger partial charge is 0.236 e. The summed E-state index contributed by atoms with van der Waals surface area (Å²) < 4.78 is 5.34. The van der Waals surface area contributed by atoms with Crippen LogP contribution < -0.4 is 5.32 Å². The average Bonchev–Trinajstić information content (AvgIpc) is 3.24. The molecule has 0 bridgehead atoms. The van der Waals surface area contributed by atoms with Gasteiger partial charge < -0.3 is 19.9 Å². The van der Waals surface area contributed by atoms with E-state index in [-0.39, 0.29) is 5.91 Å². The van der Waals surface area contributed by atoms with Gasteiger partial charge in [-0.3, -0.25) is 14.8 Å². The number of allylic oxidation sites excluding steroid dienone is 2. The van der Waals surface area contributed by atoms with Gasteiger partial charge in [0.2, 0.25) is 5.91 Å². The Hall–Kier alpha value is -2.84. The van der Waals surface area contributed by atoms with E-state index in [4.69, 9.17) is 4.74 Å². The fraction of sp³-hybridized carbons (Fsp3) is 0.455. The van der Waals surface area contributed by atoms with Gasteiger partial charge in [0.15, 0.2) is 0 Å². The third kappa shape index (κ3) is 3.93. The number of amides is 1. The van der Waals surface area contributed by atoms with Gasteiger partial charge in [0.25, 0.3) is 0 Å². The fourth-order valence-electron chi connectivity index (χ4n) is 4.33. The standard InChI is InChI=1S/C22H28N6O2/c29-21(28-11-13-30-14-12-28)16-26-7-9-27(10-8-26)20-15-17(5-6-23-20)22-18-3-1-2-4-19(18)24-25-22/h1-5,15,23H,6-14,16H2,(H,24,25). The van der Waals surface area contributed by atoms with Crippen LogP contribution in [0.4, 0.5) is 0 Å². The highest BCUT2D eigenvalue weighted by Gasteiger charge is 2.24. The van der Waals surface area contributed by atoms with Crippen molar-refractivity contribution in [1.29, 1.82) is 0 Å². The molecule has 2 N–H and O–H groups in total. The van der Waals surface area contributed by atoms with Crippen LogP contribution in [-0.4, -0.2) is 96.4 Å². The number of nitrogens with zero attached hydrogens (tertiary/aromatic N) is 4. The third-order valence-corrected chi connectivity index (χ3v) is 6.08. The number of hydrogen-bond donors (Lipinski definition) is 2. The number of dihydropyridines is 1. The van der Waals surface area contributed by atoms with E-state index in [0.717, 1.165) is 60.7 Å². The Morgan fingerprint density at radius 2 is 1.87 bits per heavy atom. The highest BCUT2D eigenvalue weighted by molar-refractivity contribution is 5.93. The minimum absolute atomic E-state index is 0.220. The maximum absolute atomic E-state index is 12.5. The lowest BCUT2D eigenvalue weighted by molar-refractivity contribution is -0.136. The van der Waals surface area contributed by atoms with Crippen molar-refractivity contribution in [3.63, 3.8) is 0 Å². The van der Waals surface area contributed by atoms with Crippen molar-refractivity contribution >= 4 is 22.4 Å².